The molecule has 0 fully saturated rings. The van der Waals surface area contributed by atoms with E-state index in [9.17, 15) is 14.4 Å². The highest BCUT2D eigenvalue weighted by molar-refractivity contribution is 5.95. The van der Waals surface area contributed by atoms with Crippen molar-refractivity contribution in [3.05, 3.63) is 60.2 Å². The van der Waals surface area contributed by atoms with Crippen LogP contribution < -0.4 is 20.1 Å². The summed E-state index contributed by atoms with van der Waals surface area (Å²) >= 11 is 0. The third kappa shape index (κ3) is 7.77. The Morgan fingerprint density at radius 1 is 0.857 bits per heavy atom. The van der Waals surface area contributed by atoms with Crippen molar-refractivity contribution < 1.29 is 28.6 Å². The van der Waals surface area contributed by atoms with Crippen LogP contribution in [0.3, 0.4) is 0 Å². The van der Waals surface area contributed by atoms with E-state index in [1.165, 1.54) is 0 Å². The molecule has 0 bridgehead atoms. The van der Waals surface area contributed by atoms with Crippen LogP contribution in [-0.2, 0) is 20.9 Å². The second kappa shape index (κ2) is 11.2. The van der Waals surface area contributed by atoms with Crippen LogP contribution in [0, 0.1) is 0 Å². The molecular formula is C20H22N2O6. The molecule has 0 aliphatic rings. The predicted molar refractivity (Wildman–Crippen MR) is 101 cm³/mol. The number of urea groups is 1. The summed E-state index contributed by atoms with van der Waals surface area (Å²) in [5.41, 5.74) is 1.06. The number of hydrogen-bond donors (Lipinski definition) is 2. The number of benzene rings is 2. The summed E-state index contributed by atoms with van der Waals surface area (Å²) in [4.78, 5) is 34.2. The third-order valence-electron chi connectivity index (χ3n) is 3.38. The van der Waals surface area contributed by atoms with Gasteiger partial charge in [0.15, 0.2) is 13.2 Å². The average molecular weight is 386 g/mol. The number of imide groups is 1. The van der Waals surface area contributed by atoms with Gasteiger partial charge in [-0.2, -0.15) is 0 Å². The molecule has 2 aromatic rings. The third-order valence-corrected chi connectivity index (χ3v) is 3.38. The molecule has 3 amide bonds. The number of nitrogens with one attached hydrogen (secondary N) is 2. The Balaban J connectivity index is 1.67. The van der Waals surface area contributed by atoms with Crippen molar-refractivity contribution in [2.75, 3.05) is 19.8 Å². The fourth-order valence-corrected chi connectivity index (χ4v) is 2.07. The Kier molecular flexibility index (Phi) is 8.32. The summed E-state index contributed by atoms with van der Waals surface area (Å²) in [7, 11) is 0. The molecule has 8 nitrogen and oxygen atoms in total. The number of carbonyl (C=O) groups is 3. The SMILES string of the molecule is CCNC(=O)NC(=O)COC(=O)COc1ccc(OCc2ccccc2)cc1. The first-order valence-electron chi connectivity index (χ1n) is 8.69. The normalized spacial score (nSPS) is 9.89. The molecule has 2 aromatic carbocycles. The number of ether oxygens (including phenoxy) is 3. The molecule has 0 heterocycles. The van der Waals surface area contributed by atoms with Gasteiger partial charge in [0, 0.05) is 6.54 Å². The minimum absolute atomic E-state index is 0.362. The summed E-state index contributed by atoms with van der Waals surface area (Å²) in [5.74, 6) is -0.328. The van der Waals surface area contributed by atoms with Gasteiger partial charge in [-0.3, -0.25) is 10.1 Å². The molecular weight excluding hydrogens is 364 g/mol. The maximum atomic E-state index is 11.6. The monoisotopic (exact) mass is 386 g/mol. The van der Waals surface area contributed by atoms with E-state index in [4.69, 9.17) is 14.2 Å². The van der Waals surface area contributed by atoms with Gasteiger partial charge in [-0.25, -0.2) is 9.59 Å². The van der Waals surface area contributed by atoms with Crippen LogP contribution in [0.15, 0.2) is 54.6 Å². The summed E-state index contributed by atoms with van der Waals surface area (Å²) in [6.45, 7) is 1.61. The van der Waals surface area contributed by atoms with Crippen LogP contribution in [0.4, 0.5) is 4.79 Å². The number of amides is 3. The highest BCUT2D eigenvalue weighted by Gasteiger charge is 2.11. The van der Waals surface area contributed by atoms with Crippen LogP contribution >= 0.6 is 0 Å². The lowest BCUT2D eigenvalue weighted by molar-refractivity contribution is -0.150. The van der Waals surface area contributed by atoms with Gasteiger partial charge in [0.05, 0.1) is 0 Å². The summed E-state index contributed by atoms with van der Waals surface area (Å²) < 4.78 is 15.7. The van der Waals surface area contributed by atoms with E-state index in [0.29, 0.717) is 24.7 Å². The highest BCUT2D eigenvalue weighted by Crippen LogP contribution is 2.18. The molecule has 0 unspecified atom stereocenters. The van der Waals surface area contributed by atoms with Crippen molar-refractivity contribution in [2.45, 2.75) is 13.5 Å². The lowest BCUT2D eigenvalue weighted by atomic mass is 10.2. The Bertz CT molecular complexity index is 777. The van der Waals surface area contributed by atoms with Crippen LogP contribution in [0.2, 0.25) is 0 Å². The standard InChI is InChI=1S/C20H22N2O6/c1-2-21-20(25)22-18(23)13-28-19(24)14-27-17-10-8-16(9-11-17)26-12-15-6-4-3-5-7-15/h3-11H,2,12-14H2,1H3,(H2,21,22,23,25). The van der Waals surface area contributed by atoms with Crippen molar-refractivity contribution in [3.63, 3.8) is 0 Å². The van der Waals surface area contributed by atoms with E-state index >= 15 is 0 Å². The first kappa shape index (κ1) is 20.8. The van der Waals surface area contributed by atoms with Gasteiger partial charge in [-0.15, -0.1) is 0 Å². The van der Waals surface area contributed by atoms with Gasteiger partial charge < -0.3 is 19.5 Å². The molecule has 2 N–H and O–H groups in total. The maximum absolute atomic E-state index is 11.6. The topological polar surface area (TPSA) is 103 Å². The average Bonchev–Trinajstić information content (AvgIpc) is 2.71. The number of esters is 1. The Morgan fingerprint density at radius 3 is 2.14 bits per heavy atom. The summed E-state index contributed by atoms with van der Waals surface area (Å²) in [6, 6.07) is 15.9. The molecule has 0 spiro atoms. The van der Waals surface area contributed by atoms with Crippen molar-refractivity contribution >= 4 is 17.9 Å². The molecule has 0 radical (unpaired) electrons. The van der Waals surface area contributed by atoms with Gasteiger partial charge >= 0.3 is 12.0 Å². The van der Waals surface area contributed by atoms with Crippen molar-refractivity contribution in [2.24, 2.45) is 0 Å². The summed E-state index contributed by atoms with van der Waals surface area (Å²) in [6.07, 6.45) is 0. The molecule has 148 valence electrons. The van der Waals surface area contributed by atoms with E-state index in [1.807, 2.05) is 35.6 Å². The quantitative estimate of drug-likeness (QED) is 0.640. The molecule has 28 heavy (non-hydrogen) atoms. The second-order valence-corrected chi connectivity index (χ2v) is 5.60. The van der Waals surface area contributed by atoms with Crippen molar-refractivity contribution in [1.82, 2.24) is 10.6 Å². The van der Waals surface area contributed by atoms with E-state index in [0.717, 1.165) is 5.56 Å². The van der Waals surface area contributed by atoms with Crippen LogP contribution in [0.1, 0.15) is 12.5 Å². The van der Waals surface area contributed by atoms with E-state index in [2.05, 4.69) is 5.32 Å². The van der Waals surface area contributed by atoms with Gasteiger partial charge in [0.1, 0.15) is 18.1 Å². The number of rotatable bonds is 9. The molecule has 0 aliphatic carbocycles. The van der Waals surface area contributed by atoms with E-state index in [1.54, 1.807) is 31.2 Å². The summed E-state index contributed by atoms with van der Waals surface area (Å²) in [5, 5.41) is 4.41. The predicted octanol–water partition coefficient (Wildman–Crippen LogP) is 2.03. The van der Waals surface area contributed by atoms with E-state index < -0.39 is 24.5 Å². The zero-order valence-electron chi connectivity index (χ0n) is 15.5. The molecule has 2 rings (SSSR count). The Morgan fingerprint density at radius 2 is 1.50 bits per heavy atom. The molecule has 0 aliphatic heterocycles. The molecule has 8 heteroatoms. The zero-order valence-corrected chi connectivity index (χ0v) is 15.5. The van der Waals surface area contributed by atoms with Gasteiger partial charge in [-0.1, -0.05) is 30.3 Å². The zero-order chi connectivity index (χ0) is 20.2. The molecule has 0 atom stereocenters. The van der Waals surface area contributed by atoms with Crippen LogP contribution in [-0.4, -0.2) is 37.7 Å². The first-order chi connectivity index (χ1) is 13.6. The van der Waals surface area contributed by atoms with Gasteiger partial charge in [0.25, 0.3) is 5.91 Å². The minimum atomic E-state index is -0.726. The largest absolute Gasteiger partial charge is 0.489 e. The second-order valence-electron chi connectivity index (χ2n) is 5.60. The molecule has 0 saturated heterocycles. The van der Waals surface area contributed by atoms with Crippen LogP contribution in [0.25, 0.3) is 0 Å². The fraction of sp³-hybridized carbons (Fsp3) is 0.250. The fourth-order valence-electron chi connectivity index (χ4n) is 2.07. The number of hydrogen-bond acceptors (Lipinski definition) is 6. The van der Waals surface area contributed by atoms with Crippen molar-refractivity contribution in [3.8, 4) is 11.5 Å². The maximum Gasteiger partial charge on any atom is 0.344 e. The van der Waals surface area contributed by atoms with Crippen molar-refractivity contribution in [1.29, 1.82) is 0 Å². The lowest BCUT2D eigenvalue weighted by Gasteiger charge is -2.09. The molecule has 0 saturated carbocycles. The first-order valence-corrected chi connectivity index (χ1v) is 8.69. The van der Waals surface area contributed by atoms with E-state index in [-0.39, 0.29) is 6.61 Å². The Labute approximate surface area is 162 Å². The van der Waals surface area contributed by atoms with Gasteiger partial charge in [-0.05, 0) is 36.8 Å². The smallest absolute Gasteiger partial charge is 0.344 e. The minimum Gasteiger partial charge on any atom is -0.489 e. The highest BCUT2D eigenvalue weighted by atomic mass is 16.6. The van der Waals surface area contributed by atoms with Gasteiger partial charge in [0.2, 0.25) is 0 Å². The Hall–Kier alpha value is -3.55. The molecule has 0 aromatic heterocycles. The lowest BCUT2D eigenvalue weighted by Crippen LogP contribution is -2.41. The van der Waals surface area contributed by atoms with Crippen LogP contribution in [0.5, 0.6) is 11.5 Å². The number of carbonyl (C=O) groups excluding carboxylic acids is 3.